The zero-order chi connectivity index (χ0) is 59.2. The maximum Gasteiger partial charge on any atom is 0.251 e. The Morgan fingerprint density at radius 3 is 1.01 bits per heavy atom. The molecule has 0 heterocycles. The van der Waals surface area contributed by atoms with Crippen LogP contribution in [0.2, 0.25) is 0 Å². The standard InChI is InChI=1S/C49H70N10O18S3/c50-78(69,70)39-11-5-36(6-12-39)46(66)56-24-1-21-53-42(62)18-27-75-32-49(59-45(65)17-4-35(30-60)31-61,33-76-28-19-43(63)54-22-2-25-57-47(67)37-7-13-40(14-8-37)79(51,71)72)34-77-29-20-44(64)55-23-3-26-58-48(68)38-9-15-41(16-10-38)80(52,73)74/h5-16,30,35,61H,1-4,17-29,31-34H2,(H,53,62)(H,54,63)(H,55,64)(H,56,66)(H,57,67)(H,58,68)(H,59,65)(H2,50,69,70)(H2,51,71,72)(H2,52,73,74). The van der Waals surface area contributed by atoms with Crippen molar-refractivity contribution >= 4 is 77.7 Å². The van der Waals surface area contributed by atoms with Gasteiger partial charge in [0, 0.05) is 87.6 Å². The van der Waals surface area contributed by atoms with E-state index in [9.17, 15) is 68.7 Å². The van der Waals surface area contributed by atoms with E-state index >= 15 is 0 Å². The zero-order valence-electron chi connectivity index (χ0n) is 43.8. The lowest BCUT2D eigenvalue weighted by molar-refractivity contribution is -0.131. The van der Waals surface area contributed by atoms with Crippen LogP contribution in [0.15, 0.2) is 87.5 Å². The van der Waals surface area contributed by atoms with Crippen molar-refractivity contribution in [3.05, 3.63) is 89.5 Å². The van der Waals surface area contributed by atoms with Gasteiger partial charge in [-0.2, -0.15) is 0 Å². The van der Waals surface area contributed by atoms with Gasteiger partial charge in [-0.15, -0.1) is 0 Å². The second-order valence-corrected chi connectivity index (χ2v) is 22.6. The molecule has 0 radical (unpaired) electrons. The molecule has 0 aromatic heterocycles. The minimum atomic E-state index is -3.93. The van der Waals surface area contributed by atoms with Crippen molar-refractivity contribution in [3.63, 3.8) is 0 Å². The molecular formula is C49H70N10O18S3. The minimum Gasteiger partial charge on any atom is -0.396 e. The molecule has 7 amide bonds. The van der Waals surface area contributed by atoms with E-state index in [-0.39, 0.29) is 142 Å². The number of primary sulfonamides is 3. The average molecular weight is 1180 g/mol. The first-order valence-electron chi connectivity index (χ1n) is 25.0. The third kappa shape index (κ3) is 26.4. The van der Waals surface area contributed by atoms with Gasteiger partial charge in [0.15, 0.2) is 0 Å². The number of carbonyl (C=O) groups is 8. The van der Waals surface area contributed by atoms with Gasteiger partial charge < -0.3 is 61.3 Å². The molecule has 0 saturated carbocycles. The molecule has 1 unspecified atom stereocenters. The number of carbonyl (C=O) groups excluding carboxylic acids is 8. The molecule has 80 heavy (non-hydrogen) atoms. The van der Waals surface area contributed by atoms with Crippen LogP contribution in [0.3, 0.4) is 0 Å². The summed E-state index contributed by atoms with van der Waals surface area (Å²) in [5, 5.41) is 43.7. The second kappa shape index (κ2) is 34.4. The van der Waals surface area contributed by atoms with Gasteiger partial charge in [0.05, 0.1) is 60.9 Å². The van der Waals surface area contributed by atoms with Crippen molar-refractivity contribution in [2.75, 3.05) is 85.5 Å². The second-order valence-electron chi connectivity index (χ2n) is 17.9. The Labute approximate surface area is 463 Å². The largest absolute Gasteiger partial charge is 0.396 e. The van der Waals surface area contributed by atoms with Gasteiger partial charge >= 0.3 is 0 Å². The molecule has 0 aliphatic heterocycles. The summed E-state index contributed by atoms with van der Waals surface area (Å²) >= 11 is 0. The lowest BCUT2D eigenvalue weighted by atomic mass is 10.0. The Morgan fingerprint density at radius 1 is 0.463 bits per heavy atom. The van der Waals surface area contributed by atoms with Crippen LogP contribution in [0.5, 0.6) is 0 Å². The molecule has 0 saturated heterocycles. The number of benzene rings is 3. The van der Waals surface area contributed by atoms with E-state index in [1.807, 2.05) is 0 Å². The van der Waals surface area contributed by atoms with Gasteiger partial charge in [-0.05, 0) is 98.5 Å². The van der Waals surface area contributed by atoms with E-state index in [4.69, 9.17) is 29.6 Å². The molecule has 31 heteroatoms. The first kappa shape index (κ1) is 67.5. The highest BCUT2D eigenvalue weighted by atomic mass is 32.2. The van der Waals surface area contributed by atoms with Crippen LogP contribution in [0.25, 0.3) is 0 Å². The number of nitrogens with two attached hydrogens (primary N) is 3. The number of aldehydes is 1. The van der Waals surface area contributed by atoms with Crippen LogP contribution in [-0.2, 0) is 68.3 Å². The van der Waals surface area contributed by atoms with E-state index in [1.54, 1.807) is 0 Å². The fraction of sp³-hybridized carbons (Fsp3) is 0.469. The molecule has 0 spiro atoms. The topological polar surface area (TPSA) is 449 Å². The summed E-state index contributed by atoms with van der Waals surface area (Å²) in [7, 11) is -11.8. The lowest BCUT2D eigenvalue weighted by Gasteiger charge is -2.34. The number of ether oxygens (including phenoxy) is 3. The number of hydrogen-bond donors (Lipinski definition) is 11. The highest BCUT2D eigenvalue weighted by Gasteiger charge is 2.34. The highest BCUT2D eigenvalue weighted by molar-refractivity contribution is 7.89. The number of sulfonamides is 3. The summed E-state index contributed by atoms with van der Waals surface area (Å²) in [5.74, 6) is -4.10. The Bertz CT molecular complexity index is 2600. The average Bonchev–Trinajstić information content (AvgIpc) is 3.44. The number of aliphatic hydroxyl groups is 1. The molecule has 0 bridgehead atoms. The minimum absolute atomic E-state index is 0.0149. The van der Waals surface area contributed by atoms with E-state index < -0.39 is 89.5 Å². The predicted octanol–water partition coefficient (Wildman–Crippen LogP) is -2.60. The number of nitrogens with one attached hydrogen (secondary N) is 7. The zero-order valence-corrected chi connectivity index (χ0v) is 46.2. The summed E-state index contributed by atoms with van der Waals surface area (Å²) in [5.41, 5.74) is -0.918. The summed E-state index contributed by atoms with van der Waals surface area (Å²) in [6.07, 6.45) is 0.825. The highest BCUT2D eigenvalue weighted by Crippen LogP contribution is 2.14. The Hall–Kier alpha value is -6.81. The smallest absolute Gasteiger partial charge is 0.251 e. The molecular weight excluding hydrogens is 1110 g/mol. The number of aliphatic hydroxyl groups excluding tert-OH is 1. The Morgan fingerprint density at radius 2 is 0.750 bits per heavy atom. The number of amides is 7. The van der Waals surface area contributed by atoms with Crippen LogP contribution >= 0.6 is 0 Å². The van der Waals surface area contributed by atoms with Gasteiger partial charge in [-0.25, -0.2) is 40.7 Å². The first-order chi connectivity index (χ1) is 37.9. The van der Waals surface area contributed by atoms with E-state index in [0.29, 0.717) is 25.5 Å². The van der Waals surface area contributed by atoms with Crippen molar-refractivity contribution in [3.8, 4) is 0 Å². The maximum absolute atomic E-state index is 13.4. The van der Waals surface area contributed by atoms with Crippen LogP contribution < -0.4 is 52.6 Å². The third-order valence-corrected chi connectivity index (χ3v) is 14.1. The van der Waals surface area contributed by atoms with E-state index in [1.165, 1.54) is 72.8 Å². The molecule has 3 rings (SSSR count). The van der Waals surface area contributed by atoms with Crippen LogP contribution in [0.4, 0.5) is 0 Å². The molecule has 3 aromatic rings. The van der Waals surface area contributed by atoms with Crippen LogP contribution in [0, 0.1) is 5.92 Å². The fourth-order valence-corrected chi connectivity index (χ4v) is 8.47. The summed E-state index contributed by atoms with van der Waals surface area (Å²) in [4.78, 5) is 100. The van der Waals surface area contributed by atoms with Crippen molar-refractivity contribution < 1.29 is 82.9 Å². The summed E-state index contributed by atoms with van der Waals surface area (Å²) < 4.78 is 86.7. The molecule has 442 valence electrons. The Kier molecular flexibility index (Phi) is 29.0. The van der Waals surface area contributed by atoms with Gasteiger partial charge in [0.1, 0.15) is 11.8 Å². The molecule has 0 aliphatic rings. The van der Waals surface area contributed by atoms with Crippen LogP contribution in [-0.4, -0.2) is 169 Å². The van der Waals surface area contributed by atoms with E-state index in [0.717, 1.165) is 0 Å². The van der Waals surface area contributed by atoms with Crippen molar-refractivity contribution in [1.82, 2.24) is 37.2 Å². The summed E-state index contributed by atoms with van der Waals surface area (Å²) in [6.45, 7) is -0.987. The SMILES string of the molecule is NS(=O)(=O)c1ccc(C(=O)NCCCNC(=O)CCOCC(COCCC(=O)NCCCNC(=O)c2ccc(S(N)(=O)=O)cc2)(COCCC(=O)NCCCNC(=O)c2ccc(S(N)(=O)=O)cc2)NC(=O)CCC(C=O)CO)cc1. The van der Waals surface area contributed by atoms with Gasteiger partial charge in [-0.3, -0.25) is 33.6 Å². The van der Waals surface area contributed by atoms with E-state index in [2.05, 4.69) is 37.2 Å². The van der Waals surface area contributed by atoms with Gasteiger partial charge in [0.2, 0.25) is 53.7 Å². The van der Waals surface area contributed by atoms with Gasteiger partial charge in [0.25, 0.3) is 17.7 Å². The third-order valence-electron chi connectivity index (χ3n) is 11.3. The number of hydrogen-bond acceptors (Lipinski definition) is 18. The van der Waals surface area contributed by atoms with Crippen molar-refractivity contribution in [2.24, 2.45) is 21.3 Å². The summed E-state index contributed by atoms with van der Waals surface area (Å²) in [6, 6.07) is 15.1. The molecule has 3 aromatic carbocycles. The normalized spacial score (nSPS) is 12.1. The molecule has 28 nitrogen and oxygen atoms in total. The molecule has 0 aliphatic carbocycles. The van der Waals surface area contributed by atoms with Crippen molar-refractivity contribution in [2.45, 2.75) is 71.6 Å². The lowest BCUT2D eigenvalue weighted by Crippen LogP contribution is -2.58. The predicted molar refractivity (Wildman–Crippen MR) is 286 cm³/mol. The molecule has 14 N–H and O–H groups in total. The number of rotatable bonds is 39. The maximum atomic E-state index is 13.4. The van der Waals surface area contributed by atoms with Gasteiger partial charge in [-0.1, -0.05) is 0 Å². The fourth-order valence-electron chi connectivity index (χ4n) is 6.92. The van der Waals surface area contributed by atoms with Crippen molar-refractivity contribution in [1.29, 1.82) is 0 Å². The first-order valence-corrected chi connectivity index (χ1v) is 29.6. The van der Waals surface area contributed by atoms with Crippen LogP contribution in [0.1, 0.15) is 82.4 Å². The quantitative estimate of drug-likeness (QED) is 0.0206. The molecule has 0 fully saturated rings. The molecule has 1 atom stereocenters. The monoisotopic (exact) mass is 1180 g/mol. The Balaban J connectivity index is 1.57.